The van der Waals surface area contributed by atoms with Gasteiger partial charge in [-0.2, -0.15) is 0 Å². The molecular formula is C21H47NO4P+. The molecule has 0 fully saturated rings. The van der Waals surface area contributed by atoms with Crippen molar-refractivity contribution < 1.29 is 23.4 Å². The lowest BCUT2D eigenvalue weighted by atomic mass is 9.78. The molecule has 0 spiro atoms. The van der Waals surface area contributed by atoms with Crippen LogP contribution in [0.4, 0.5) is 0 Å². The van der Waals surface area contributed by atoms with Crippen LogP contribution in [0.2, 0.25) is 0 Å². The van der Waals surface area contributed by atoms with E-state index < -0.39 is 13.4 Å². The zero-order valence-electron chi connectivity index (χ0n) is 19.0. The first-order chi connectivity index (χ1) is 12.4. The number of hydrogen-bond donors (Lipinski definition) is 2. The fourth-order valence-corrected chi connectivity index (χ4v) is 5.08. The fourth-order valence-electron chi connectivity index (χ4n) is 4.37. The first kappa shape index (κ1) is 27.1. The Balaban J connectivity index is 5.78. The lowest BCUT2D eigenvalue weighted by Crippen LogP contribution is -2.52. The lowest BCUT2D eigenvalue weighted by Gasteiger charge is -2.42. The summed E-state index contributed by atoms with van der Waals surface area (Å²) in [5.74, 6) is 0.874. The standard InChI is InChI=1S/C21H46NO4P/c1-8-12-14-19(10-3)16-21(18-22(5,6)7,26-27(23,24)25)17-20(11-4)15-13-9-2/h19-20H,8-18H2,1-7H3,(H-,23,24,25)/p+1. The first-order valence-corrected chi connectivity index (χ1v) is 12.5. The van der Waals surface area contributed by atoms with E-state index in [0.717, 1.165) is 64.2 Å². The molecule has 2 atom stereocenters. The van der Waals surface area contributed by atoms with Crippen molar-refractivity contribution in [3.05, 3.63) is 0 Å². The minimum atomic E-state index is -4.57. The lowest BCUT2D eigenvalue weighted by molar-refractivity contribution is -0.877. The van der Waals surface area contributed by atoms with Crippen molar-refractivity contribution in [1.29, 1.82) is 0 Å². The maximum absolute atomic E-state index is 12.0. The maximum Gasteiger partial charge on any atom is 0.470 e. The molecule has 0 aromatic heterocycles. The maximum atomic E-state index is 12.0. The van der Waals surface area contributed by atoms with Crippen LogP contribution in [0.3, 0.4) is 0 Å². The van der Waals surface area contributed by atoms with Gasteiger partial charge in [0.15, 0.2) is 0 Å². The van der Waals surface area contributed by atoms with E-state index in [1.54, 1.807) is 0 Å². The Bertz CT molecular complexity index is 412. The third-order valence-corrected chi connectivity index (χ3v) is 6.11. The van der Waals surface area contributed by atoms with Crippen LogP contribution in [0, 0.1) is 11.8 Å². The zero-order chi connectivity index (χ0) is 21.1. The largest absolute Gasteiger partial charge is 0.470 e. The Hall–Kier alpha value is 0.0700. The van der Waals surface area contributed by atoms with Gasteiger partial charge in [0.05, 0.1) is 21.1 Å². The molecule has 0 saturated carbocycles. The molecule has 27 heavy (non-hydrogen) atoms. The van der Waals surface area contributed by atoms with Gasteiger partial charge in [0, 0.05) is 0 Å². The number of hydrogen-bond acceptors (Lipinski definition) is 2. The predicted molar refractivity (Wildman–Crippen MR) is 115 cm³/mol. The quantitative estimate of drug-likeness (QED) is 0.252. The van der Waals surface area contributed by atoms with Crippen LogP contribution in [0.1, 0.15) is 91.9 Å². The second-order valence-corrected chi connectivity index (χ2v) is 10.6. The van der Waals surface area contributed by atoms with Crippen molar-refractivity contribution in [2.75, 3.05) is 27.7 Å². The molecule has 0 amide bonds. The molecular weight excluding hydrogens is 361 g/mol. The van der Waals surface area contributed by atoms with Crippen LogP contribution in [0.5, 0.6) is 0 Å². The highest BCUT2D eigenvalue weighted by molar-refractivity contribution is 7.46. The Morgan fingerprint density at radius 3 is 1.56 bits per heavy atom. The van der Waals surface area contributed by atoms with Crippen molar-refractivity contribution in [2.24, 2.45) is 11.8 Å². The minimum absolute atomic E-state index is 0.437. The molecule has 0 aromatic rings. The average Bonchev–Trinajstić information content (AvgIpc) is 2.52. The number of likely N-dealkylation sites (N-methyl/N-ethyl adjacent to an activating group) is 1. The summed E-state index contributed by atoms with van der Waals surface area (Å²) in [6.45, 7) is 9.36. The van der Waals surface area contributed by atoms with Gasteiger partial charge in [0.25, 0.3) is 0 Å². The highest BCUT2D eigenvalue weighted by Gasteiger charge is 2.44. The molecule has 0 bridgehead atoms. The van der Waals surface area contributed by atoms with Crippen molar-refractivity contribution in [1.82, 2.24) is 0 Å². The molecule has 0 rings (SSSR count). The number of quaternary nitrogens is 1. The molecule has 0 saturated heterocycles. The van der Waals surface area contributed by atoms with Gasteiger partial charge in [-0.1, -0.05) is 79.1 Å². The smallest absolute Gasteiger partial charge is 0.329 e. The summed E-state index contributed by atoms with van der Waals surface area (Å²) in [5.41, 5.74) is -0.778. The van der Waals surface area contributed by atoms with E-state index >= 15 is 0 Å². The van der Waals surface area contributed by atoms with Crippen LogP contribution >= 0.6 is 7.82 Å². The highest BCUT2D eigenvalue weighted by Crippen LogP contribution is 2.48. The van der Waals surface area contributed by atoms with Crippen molar-refractivity contribution in [3.8, 4) is 0 Å². The Labute approximate surface area is 168 Å². The van der Waals surface area contributed by atoms with E-state index in [9.17, 15) is 14.4 Å². The van der Waals surface area contributed by atoms with Gasteiger partial charge in [-0.05, 0) is 24.7 Å². The van der Waals surface area contributed by atoms with Crippen LogP contribution in [-0.4, -0.2) is 47.6 Å². The van der Waals surface area contributed by atoms with Gasteiger partial charge in [-0.15, -0.1) is 0 Å². The molecule has 0 aliphatic rings. The van der Waals surface area contributed by atoms with Crippen LogP contribution in [0.15, 0.2) is 0 Å². The molecule has 0 radical (unpaired) electrons. The average molecular weight is 409 g/mol. The van der Waals surface area contributed by atoms with Gasteiger partial charge >= 0.3 is 7.82 Å². The SMILES string of the molecule is CCCCC(CC)CC(CC(CC)CCCC)(C[N+](C)(C)C)OP(=O)(O)O. The van der Waals surface area contributed by atoms with E-state index in [1.807, 2.05) is 0 Å². The van der Waals surface area contributed by atoms with Gasteiger partial charge in [0.2, 0.25) is 0 Å². The summed E-state index contributed by atoms with van der Waals surface area (Å²) in [4.78, 5) is 19.5. The monoisotopic (exact) mass is 408 g/mol. The fraction of sp³-hybridized carbons (Fsp3) is 1.00. The van der Waals surface area contributed by atoms with Crippen molar-refractivity contribution in [3.63, 3.8) is 0 Å². The number of unbranched alkanes of at least 4 members (excludes halogenated alkanes) is 2. The van der Waals surface area contributed by atoms with Gasteiger partial charge < -0.3 is 14.3 Å². The van der Waals surface area contributed by atoms with E-state index in [-0.39, 0.29) is 0 Å². The molecule has 164 valence electrons. The molecule has 0 aliphatic carbocycles. The van der Waals surface area contributed by atoms with Crippen LogP contribution < -0.4 is 0 Å². The normalized spacial score (nSPS) is 17.5. The molecule has 6 heteroatoms. The number of nitrogens with zero attached hydrogens (tertiary/aromatic N) is 1. The third kappa shape index (κ3) is 13.0. The summed E-state index contributed by atoms with van der Waals surface area (Å²) in [5, 5.41) is 0. The second-order valence-electron chi connectivity index (χ2n) is 9.45. The summed E-state index contributed by atoms with van der Waals surface area (Å²) >= 11 is 0. The van der Waals surface area contributed by atoms with Crippen molar-refractivity contribution >= 4 is 7.82 Å². The summed E-state index contributed by atoms with van der Waals surface area (Å²) in [6, 6.07) is 0. The van der Waals surface area contributed by atoms with E-state index in [1.165, 1.54) is 0 Å². The van der Waals surface area contributed by atoms with E-state index in [4.69, 9.17) is 4.52 Å². The Morgan fingerprint density at radius 1 is 0.889 bits per heavy atom. The third-order valence-electron chi connectivity index (χ3n) is 5.48. The molecule has 5 nitrogen and oxygen atoms in total. The number of phosphoric acid groups is 1. The van der Waals surface area contributed by atoms with Gasteiger partial charge in [-0.25, -0.2) is 4.57 Å². The summed E-state index contributed by atoms with van der Waals surface area (Å²) in [6.07, 6.45) is 10.3. The Morgan fingerprint density at radius 2 is 1.30 bits per heavy atom. The van der Waals surface area contributed by atoms with Crippen LogP contribution in [-0.2, 0) is 9.09 Å². The van der Waals surface area contributed by atoms with Gasteiger partial charge in [0.1, 0.15) is 12.1 Å². The molecule has 0 heterocycles. The predicted octanol–water partition coefficient (Wildman–Crippen LogP) is 5.75. The van der Waals surface area contributed by atoms with E-state index in [2.05, 4.69) is 48.8 Å². The summed E-state index contributed by atoms with van der Waals surface area (Å²) in [7, 11) is 1.67. The van der Waals surface area contributed by atoms with E-state index in [0.29, 0.717) is 22.9 Å². The zero-order valence-corrected chi connectivity index (χ0v) is 19.9. The topological polar surface area (TPSA) is 66.8 Å². The Kier molecular flexibility index (Phi) is 12.6. The van der Waals surface area contributed by atoms with Crippen LogP contribution in [0.25, 0.3) is 0 Å². The number of rotatable bonds is 16. The molecule has 0 aromatic carbocycles. The minimum Gasteiger partial charge on any atom is -0.329 e. The molecule has 2 unspecified atom stereocenters. The molecule has 0 aliphatic heterocycles. The number of phosphoric ester groups is 1. The highest BCUT2D eigenvalue weighted by atomic mass is 31.2. The summed E-state index contributed by atoms with van der Waals surface area (Å²) < 4.78 is 18.3. The van der Waals surface area contributed by atoms with Crippen molar-refractivity contribution in [2.45, 2.75) is 97.5 Å². The first-order valence-electron chi connectivity index (χ1n) is 11.0. The molecule has 2 N–H and O–H groups in total. The second kappa shape index (κ2) is 12.6. The van der Waals surface area contributed by atoms with Gasteiger partial charge in [-0.3, -0.25) is 4.52 Å².